The Balaban J connectivity index is 2.28. The molecule has 2 N–H and O–H groups in total. The van der Waals surface area contributed by atoms with E-state index in [1.807, 2.05) is 0 Å². The van der Waals surface area contributed by atoms with Crippen molar-refractivity contribution >= 4 is 0 Å². The third kappa shape index (κ3) is 3.58. The van der Waals surface area contributed by atoms with Crippen LogP contribution in [-0.2, 0) is 12.6 Å². The van der Waals surface area contributed by atoms with Crippen molar-refractivity contribution in [2.45, 2.75) is 18.6 Å². The lowest BCUT2D eigenvalue weighted by Gasteiger charge is -2.18. The van der Waals surface area contributed by atoms with Gasteiger partial charge in [0.15, 0.2) is 11.6 Å². The van der Waals surface area contributed by atoms with E-state index >= 15 is 0 Å². The largest absolute Gasteiger partial charge is 0.416 e. The van der Waals surface area contributed by atoms with Gasteiger partial charge in [0, 0.05) is 6.04 Å². The van der Waals surface area contributed by atoms with Crippen LogP contribution in [0.2, 0.25) is 0 Å². The van der Waals surface area contributed by atoms with E-state index < -0.39 is 29.4 Å². The van der Waals surface area contributed by atoms with Gasteiger partial charge < -0.3 is 5.73 Å². The molecule has 2 aromatic rings. The molecule has 2 rings (SSSR count). The summed E-state index contributed by atoms with van der Waals surface area (Å²) in [4.78, 5) is 0. The second-order valence-corrected chi connectivity index (χ2v) is 4.64. The Morgan fingerprint density at radius 1 is 0.952 bits per heavy atom. The van der Waals surface area contributed by atoms with Gasteiger partial charge in [-0.25, -0.2) is 8.78 Å². The topological polar surface area (TPSA) is 26.0 Å². The number of halogens is 5. The molecule has 0 saturated heterocycles. The van der Waals surface area contributed by atoms with Crippen LogP contribution in [0.1, 0.15) is 22.7 Å². The minimum Gasteiger partial charge on any atom is -0.324 e. The molecule has 0 aromatic heterocycles. The Labute approximate surface area is 118 Å². The average Bonchev–Trinajstić information content (AvgIpc) is 2.42. The fraction of sp³-hybridized carbons (Fsp3) is 0.200. The molecule has 2 aromatic carbocycles. The van der Waals surface area contributed by atoms with Crippen LogP contribution in [0.5, 0.6) is 0 Å². The van der Waals surface area contributed by atoms with Gasteiger partial charge in [-0.3, -0.25) is 0 Å². The Morgan fingerprint density at radius 3 is 2.24 bits per heavy atom. The Bertz CT molecular complexity index is 636. The summed E-state index contributed by atoms with van der Waals surface area (Å²) in [6, 6.07) is 7.15. The standard InChI is InChI=1S/C15H12F5N/c16-12-6-5-9(7-13(12)17)8-14(21)10-3-1-2-4-11(10)15(18,19)20/h1-7,14H,8,21H2. The smallest absolute Gasteiger partial charge is 0.324 e. The summed E-state index contributed by atoms with van der Waals surface area (Å²) in [5.74, 6) is -2.06. The van der Waals surface area contributed by atoms with E-state index in [9.17, 15) is 22.0 Å². The maximum Gasteiger partial charge on any atom is 0.416 e. The first-order chi connectivity index (χ1) is 9.79. The van der Waals surface area contributed by atoms with Crippen molar-refractivity contribution in [2.24, 2.45) is 5.73 Å². The van der Waals surface area contributed by atoms with E-state index in [0.29, 0.717) is 5.56 Å². The lowest BCUT2D eigenvalue weighted by molar-refractivity contribution is -0.138. The molecule has 0 aliphatic rings. The quantitative estimate of drug-likeness (QED) is 0.844. The molecule has 0 aliphatic heterocycles. The summed E-state index contributed by atoms with van der Waals surface area (Å²) in [5.41, 5.74) is 5.23. The third-order valence-electron chi connectivity index (χ3n) is 3.11. The lowest BCUT2D eigenvalue weighted by atomic mass is 9.95. The highest BCUT2D eigenvalue weighted by molar-refractivity contribution is 5.33. The van der Waals surface area contributed by atoms with E-state index in [0.717, 1.165) is 18.2 Å². The fourth-order valence-corrected chi connectivity index (χ4v) is 2.11. The minimum absolute atomic E-state index is 0.0235. The molecule has 1 atom stereocenters. The highest BCUT2D eigenvalue weighted by atomic mass is 19.4. The molecule has 1 unspecified atom stereocenters. The summed E-state index contributed by atoms with van der Waals surface area (Å²) < 4.78 is 64.6. The molecule has 0 amide bonds. The highest BCUT2D eigenvalue weighted by Gasteiger charge is 2.34. The molecule has 0 bridgehead atoms. The van der Waals surface area contributed by atoms with E-state index in [2.05, 4.69) is 0 Å². The van der Waals surface area contributed by atoms with Crippen molar-refractivity contribution in [3.8, 4) is 0 Å². The van der Waals surface area contributed by atoms with Crippen molar-refractivity contribution < 1.29 is 22.0 Å². The Hall–Kier alpha value is -1.95. The zero-order valence-electron chi connectivity index (χ0n) is 10.8. The second kappa shape index (κ2) is 5.81. The predicted molar refractivity (Wildman–Crippen MR) is 68.4 cm³/mol. The second-order valence-electron chi connectivity index (χ2n) is 4.64. The lowest BCUT2D eigenvalue weighted by Crippen LogP contribution is -2.19. The molecule has 0 aliphatic carbocycles. The first-order valence-corrected chi connectivity index (χ1v) is 6.14. The minimum atomic E-state index is -4.51. The number of rotatable bonds is 3. The van der Waals surface area contributed by atoms with Gasteiger partial charge in [-0.1, -0.05) is 24.3 Å². The monoisotopic (exact) mass is 301 g/mol. The third-order valence-corrected chi connectivity index (χ3v) is 3.11. The average molecular weight is 301 g/mol. The first-order valence-electron chi connectivity index (χ1n) is 6.14. The summed E-state index contributed by atoms with van der Waals surface area (Å²) in [7, 11) is 0. The molecule has 0 radical (unpaired) electrons. The van der Waals surface area contributed by atoms with Gasteiger partial charge in [0.2, 0.25) is 0 Å². The maximum absolute atomic E-state index is 13.1. The SMILES string of the molecule is NC(Cc1ccc(F)c(F)c1)c1ccccc1C(F)(F)F. The van der Waals surface area contributed by atoms with Gasteiger partial charge in [-0.2, -0.15) is 13.2 Å². The molecular weight excluding hydrogens is 289 g/mol. The van der Waals surface area contributed by atoms with Gasteiger partial charge in [0.1, 0.15) is 0 Å². The van der Waals surface area contributed by atoms with E-state index in [1.165, 1.54) is 24.3 Å². The van der Waals surface area contributed by atoms with Crippen LogP contribution >= 0.6 is 0 Å². The van der Waals surface area contributed by atoms with Crippen LogP contribution in [0.15, 0.2) is 42.5 Å². The molecule has 1 nitrogen and oxygen atoms in total. The van der Waals surface area contributed by atoms with E-state index in [1.54, 1.807) is 0 Å². The van der Waals surface area contributed by atoms with Crippen molar-refractivity contribution in [2.75, 3.05) is 0 Å². The van der Waals surface area contributed by atoms with Gasteiger partial charge in [-0.05, 0) is 35.7 Å². The normalized spacial score (nSPS) is 13.2. The molecule has 0 spiro atoms. The van der Waals surface area contributed by atoms with Gasteiger partial charge >= 0.3 is 6.18 Å². The van der Waals surface area contributed by atoms with Crippen molar-refractivity contribution in [3.63, 3.8) is 0 Å². The predicted octanol–water partition coefficient (Wildman–Crippen LogP) is 4.23. The highest BCUT2D eigenvalue weighted by Crippen LogP contribution is 2.34. The van der Waals surface area contributed by atoms with Crippen LogP contribution in [0.4, 0.5) is 22.0 Å². The molecular formula is C15H12F5N. The Morgan fingerprint density at radius 2 is 1.62 bits per heavy atom. The molecule has 112 valence electrons. The zero-order valence-corrected chi connectivity index (χ0v) is 10.8. The van der Waals surface area contributed by atoms with Gasteiger partial charge in [0.05, 0.1) is 5.56 Å². The van der Waals surface area contributed by atoms with Crippen molar-refractivity contribution in [3.05, 3.63) is 70.8 Å². The van der Waals surface area contributed by atoms with Crippen LogP contribution in [-0.4, -0.2) is 0 Å². The van der Waals surface area contributed by atoms with Crippen LogP contribution in [0.25, 0.3) is 0 Å². The number of hydrogen-bond acceptors (Lipinski definition) is 1. The number of benzene rings is 2. The molecule has 21 heavy (non-hydrogen) atoms. The molecule has 0 saturated carbocycles. The Kier molecular flexibility index (Phi) is 4.27. The van der Waals surface area contributed by atoms with Crippen molar-refractivity contribution in [1.82, 2.24) is 0 Å². The molecule has 0 fully saturated rings. The van der Waals surface area contributed by atoms with Crippen LogP contribution < -0.4 is 5.73 Å². The van der Waals surface area contributed by atoms with Crippen molar-refractivity contribution in [1.29, 1.82) is 0 Å². The number of alkyl halides is 3. The van der Waals surface area contributed by atoms with Crippen LogP contribution in [0, 0.1) is 11.6 Å². The number of nitrogens with two attached hydrogens (primary N) is 1. The van der Waals surface area contributed by atoms with Crippen LogP contribution in [0.3, 0.4) is 0 Å². The summed E-state index contributed by atoms with van der Waals surface area (Å²) in [6.07, 6.45) is -4.54. The van der Waals surface area contributed by atoms with E-state index in [4.69, 9.17) is 5.73 Å². The summed E-state index contributed by atoms with van der Waals surface area (Å²) >= 11 is 0. The summed E-state index contributed by atoms with van der Waals surface area (Å²) in [5, 5.41) is 0. The van der Waals surface area contributed by atoms with Gasteiger partial charge in [-0.15, -0.1) is 0 Å². The molecule has 0 heterocycles. The summed E-state index contributed by atoms with van der Waals surface area (Å²) in [6.45, 7) is 0. The molecule has 6 heteroatoms. The zero-order chi connectivity index (χ0) is 15.6. The fourth-order valence-electron chi connectivity index (χ4n) is 2.11. The number of hydrogen-bond donors (Lipinski definition) is 1. The first kappa shape index (κ1) is 15.4. The van der Waals surface area contributed by atoms with Gasteiger partial charge in [0.25, 0.3) is 0 Å². The maximum atomic E-state index is 13.1. The van der Waals surface area contributed by atoms with E-state index in [-0.39, 0.29) is 12.0 Å².